The van der Waals surface area contributed by atoms with E-state index >= 15 is 0 Å². The van der Waals surface area contributed by atoms with Gasteiger partial charge in [-0.15, -0.1) is 0 Å². The van der Waals surface area contributed by atoms with Crippen molar-refractivity contribution in [1.82, 2.24) is 4.90 Å². The molecule has 6 heteroatoms. The summed E-state index contributed by atoms with van der Waals surface area (Å²) >= 11 is 5.93. The molecule has 122 valence electrons. The standard InChI is InChI=1S/C18H17ClN4O/c19-15-4-2-5-16(12-15)21-18(24)23-9-7-22(8-10-23)17-6-1-3-14(11-17)13-20/h1-6,11-12H,7-10H2,(H,21,24). The van der Waals surface area contributed by atoms with Crippen LogP contribution in [0.5, 0.6) is 0 Å². The lowest BCUT2D eigenvalue weighted by Gasteiger charge is -2.36. The summed E-state index contributed by atoms with van der Waals surface area (Å²) in [6.45, 7) is 2.72. The van der Waals surface area contributed by atoms with Gasteiger partial charge in [-0.2, -0.15) is 5.26 Å². The maximum Gasteiger partial charge on any atom is 0.321 e. The Labute approximate surface area is 146 Å². The van der Waals surface area contributed by atoms with Crippen LogP contribution in [0, 0.1) is 11.3 Å². The fourth-order valence-electron chi connectivity index (χ4n) is 2.71. The van der Waals surface area contributed by atoms with Crippen LogP contribution in [0.1, 0.15) is 5.56 Å². The third kappa shape index (κ3) is 3.79. The molecule has 1 N–H and O–H groups in total. The van der Waals surface area contributed by atoms with E-state index in [0.29, 0.717) is 29.4 Å². The SMILES string of the molecule is N#Cc1cccc(N2CCN(C(=O)Nc3cccc(Cl)c3)CC2)c1. The van der Waals surface area contributed by atoms with Gasteiger partial charge < -0.3 is 15.1 Å². The van der Waals surface area contributed by atoms with Crippen molar-refractivity contribution in [3.63, 3.8) is 0 Å². The first-order valence-corrected chi connectivity index (χ1v) is 8.10. The van der Waals surface area contributed by atoms with E-state index in [0.717, 1.165) is 18.8 Å². The molecule has 0 aliphatic carbocycles. The monoisotopic (exact) mass is 340 g/mol. The lowest BCUT2D eigenvalue weighted by atomic mass is 10.2. The van der Waals surface area contributed by atoms with E-state index in [1.54, 1.807) is 29.2 Å². The van der Waals surface area contributed by atoms with Crippen LogP contribution in [0.4, 0.5) is 16.2 Å². The highest BCUT2D eigenvalue weighted by Gasteiger charge is 2.21. The first kappa shape index (κ1) is 16.2. The summed E-state index contributed by atoms with van der Waals surface area (Å²) in [7, 11) is 0. The predicted octanol–water partition coefficient (Wildman–Crippen LogP) is 3.57. The van der Waals surface area contributed by atoms with Crippen LogP contribution >= 0.6 is 11.6 Å². The molecule has 1 fully saturated rings. The minimum Gasteiger partial charge on any atom is -0.368 e. The van der Waals surface area contributed by atoms with Crippen molar-refractivity contribution < 1.29 is 4.79 Å². The van der Waals surface area contributed by atoms with E-state index in [9.17, 15) is 4.79 Å². The molecule has 0 radical (unpaired) electrons. The number of nitrogens with zero attached hydrogens (tertiary/aromatic N) is 3. The van der Waals surface area contributed by atoms with E-state index in [1.807, 2.05) is 24.3 Å². The van der Waals surface area contributed by atoms with Crippen molar-refractivity contribution in [1.29, 1.82) is 5.26 Å². The molecule has 0 spiro atoms. The van der Waals surface area contributed by atoms with E-state index in [1.165, 1.54) is 0 Å². The average molecular weight is 341 g/mol. The number of benzene rings is 2. The Bertz CT molecular complexity index is 779. The minimum absolute atomic E-state index is 0.123. The molecule has 1 heterocycles. The topological polar surface area (TPSA) is 59.4 Å². The Balaban J connectivity index is 1.58. The van der Waals surface area contributed by atoms with Gasteiger partial charge in [0.25, 0.3) is 0 Å². The summed E-state index contributed by atoms with van der Waals surface area (Å²) in [5.74, 6) is 0. The number of anilines is 2. The normalized spacial score (nSPS) is 14.2. The Hall–Kier alpha value is -2.71. The van der Waals surface area contributed by atoms with Gasteiger partial charge in [-0.05, 0) is 36.4 Å². The number of carbonyl (C=O) groups is 1. The predicted molar refractivity (Wildman–Crippen MR) is 95.4 cm³/mol. The van der Waals surface area contributed by atoms with E-state index in [-0.39, 0.29) is 6.03 Å². The lowest BCUT2D eigenvalue weighted by molar-refractivity contribution is 0.208. The molecular weight excluding hydrogens is 324 g/mol. The van der Waals surface area contributed by atoms with Crippen LogP contribution < -0.4 is 10.2 Å². The van der Waals surface area contributed by atoms with Crippen molar-refractivity contribution in [2.45, 2.75) is 0 Å². The molecule has 3 rings (SSSR count). The summed E-state index contributed by atoms with van der Waals surface area (Å²) in [5.41, 5.74) is 2.36. The molecule has 2 amide bonds. The van der Waals surface area contributed by atoms with Gasteiger partial charge >= 0.3 is 6.03 Å². The van der Waals surface area contributed by atoms with Crippen molar-refractivity contribution in [3.8, 4) is 6.07 Å². The highest BCUT2D eigenvalue weighted by Crippen LogP contribution is 2.19. The molecule has 0 saturated carbocycles. The van der Waals surface area contributed by atoms with Crippen LogP contribution in [-0.2, 0) is 0 Å². The van der Waals surface area contributed by atoms with Crippen molar-refractivity contribution in [2.75, 3.05) is 36.4 Å². The number of hydrogen-bond donors (Lipinski definition) is 1. The quantitative estimate of drug-likeness (QED) is 0.909. The van der Waals surface area contributed by atoms with Crippen LogP contribution in [0.15, 0.2) is 48.5 Å². The lowest BCUT2D eigenvalue weighted by Crippen LogP contribution is -2.50. The Morgan fingerprint density at radius 3 is 2.54 bits per heavy atom. The molecule has 5 nitrogen and oxygen atoms in total. The summed E-state index contributed by atoms with van der Waals surface area (Å²) in [4.78, 5) is 16.3. The molecule has 0 bridgehead atoms. The zero-order valence-electron chi connectivity index (χ0n) is 13.1. The van der Waals surface area contributed by atoms with Gasteiger partial charge in [0.15, 0.2) is 0 Å². The molecule has 1 aliphatic heterocycles. The van der Waals surface area contributed by atoms with Crippen LogP contribution in [0.2, 0.25) is 5.02 Å². The molecule has 0 atom stereocenters. The number of nitrogens with one attached hydrogen (secondary N) is 1. The molecular formula is C18H17ClN4O. The second kappa shape index (κ2) is 7.24. The van der Waals surface area contributed by atoms with Crippen molar-refractivity contribution in [3.05, 3.63) is 59.1 Å². The smallest absolute Gasteiger partial charge is 0.321 e. The highest BCUT2D eigenvalue weighted by atomic mass is 35.5. The number of nitriles is 1. The second-order valence-electron chi connectivity index (χ2n) is 5.58. The molecule has 1 saturated heterocycles. The van der Waals surface area contributed by atoms with Gasteiger partial charge in [-0.25, -0.2) is 4.79 Å². The number of rotatable bonds is 2. The molecule has 0 unspecified atom stereocenters. The van der Waals surface area contributed by atoms with Gasteiger partial charge in [0.1, 0.15) is 0 Å². The largest absolute Gasteiger partial charge is 0.368 e. The zero-order chi connectivity index (χ0) is 16.9. The fraction of sp³-hybridized carbons (Fsp3) is 0.222. The zero-order valence-corrected chi connectivity index (χ0v) is 13.8. The molecule has 0 aromatic heterocycles. The Morgan fingerprint density at radius 2 is 1.83 bits per heavy atom. The number of piperazine rings is 1. The fourth-order valence-corrected chi connectivity index (χ4v) is 2.90. The van der Waals surface area contributed by atoms with Crippen LogP contribution in [0.25, 0.3) is 0 Å². The van der Waals surface area contributed by atoms with Gasteiger partial charge in [-0.3, -0.25) is 0 Å². The molecule has 2 aromatic rings. The number of halogens is 1. The number of carbonyl (C=O) groups excluding carboxylic acids is 1. The Morgan fingerprint density at radius 1 is 1.08 bits per heavy atom. The first-order valence-electron chi connectivity index (χ1n) is 7.72. The van der Waals surface area contributed by atoms with E-state index in [2.05, 4.69) is 16.3 Å². The maximum absolute atomic E-state index is 12.3. The van der Waals surface area contributed by atoms with E-state index < -0.39 is 0 Å². The number of urea groups is 1. The average Bonchev–Trinajstić information content (AvgIpc) is 2.62. The first-order chi connectivity index (χ1) is 11.7. The minimum atomic E-state index is -0.123. The second-order valence-corrected chi connectivity index (χ2v) is 6.01. The Kier molecular flexibility index (Phi) is 4.88. The molecule has 24 heavy (non-hydrogen) atoms. The third-order valence-electron chi connectivity index (χ3n) is 3.98. The highest BCUT2D eigenvalue weighted by molar-refractivity contribution is 6.30. The summed E-state index contributed by atoms with van der Waals surface area (Å²) < 4.78 is 0. The van der Waals surface area contributed by atoms with Crippen LogP contribution in [0.3, 0.4) is 0 Å². The third-order valence-corrected chi connectivity index (χ3v) is 4.22. The van der Waals surface area contributed by atoms with Gasteiger partial charge in [0, 0.05) is 42.6 Å². The number of amides is 2. The van der Waals surface area contributed by atoms with E-state index in [4.69, 9.17) is 16.9 Å². The van der Waals surface area contributed by atoms with Crippen LogP contribution in [-0.4, -0.2) is 37.1 Å². The van der Waals surface area contributed by atoms with Gasteiger partial charge in [0.05, 0.1) is 11.6 Å². The van der Waals surface area contributed by atoms with Crippen molar-refractivity contribution in [2.24, 2.45) is 0 Å². The molecule has 1 aliphatic rings. The maximum atomic E-state index is 12.3. The summed E-state index contributed by atoms with van der Waals surface area (Å²) in [6.07, 6.45) is 0. The number of hydrogen-bond acceptors (Lipinski definition) is 3. The van der Waals surface area contributed by atoms with Gasteiger partial charge in [0.2, 0.25) is 0 Å². The summed E-state index contributed by atoms with van der Waals surface area (Å²) in [5, 5.41) is 12.5. The summed E-state index contributed by atoms with van der Waals surface area (Å²) in [6, 6.07) is 16.7. The van der Waals surface area contributed by atoms with Gasteiger partial charge in [-0.1, -0.05) is 23.7 Å². The molecule has 2 aromatic carbocycles. The van der Waals surface area contributed by atoms with Crippen molar-refractivity contribution >= 4 is 29.0 Å².